The van der Waals surface area contributed by atoms with Gasteiger partial charge in [0.1, 0.15) is 11.1 Å². The molecule has 0 bridgehead atoms. The molecule has 2 fully saturated rings. The summed E-state index contributed by atoms with van der Waals surface area (Å²) in [5.74, 6) is 0.486. The number of nitrogens with zero attached hydrogens (tertiary/aromatic N) is 1. The van der Waals surface area contributed by atoms with E-state index in [1.807, 2.05) is 44.3 Å². The van der Waals surface area contributed by atoms with E-state index in [-0.39, 0.29) is 6.17 Å². The smallest absolute Gasteiger partial charge is 0.146 e. The van der Waals surface area contributed by atoms with E-state index in [2.05, 4.69) is 70.9 Å². The van der Waals surface area contributed by atoms with Crippen LogP contribution in [0.15, 0.2) is 67.0 Å². The number of hydrogen-bond donors (Lipinski definition) is 4. The van der Waals surface area contributed by atoms with Crippen LogP contribution >= 0.6 is 23.5 Å². The Balaban J connectivity index is 0.00000141. The lowest BCUT2D eigenvalue weighted by Crippen LogP contribution is -2.52. The second kappa shape index (κ2) is 10.6. The van der Waals surface area contributed by atoms with E-state index < -0.39 is 10.5 Å². The number of benzene rings is 2. The molecule has 3 aliphatic rings. The first-order valence-electron chi connectivity index (χ1n) is 11.9. The molecule has 1 saturated heterocycles. The number of thioether (sulfide) groups is 2. The van der Waals surface area contributed by atoms with E-state index in [0.29, 0.717) is 16.5 Å². The lowest BCUT2D eigenvalue weighted by Gasteiger charge is -2.41. The molecule has 35 heavy (non-hydrogen) atoms. The van der Waals surface area contributed by atoms with Gasteiger partial charge in [-0.2, -0.15) is 0 Å². The van der Waals surface area contributed by atoms with Crippen molar-refractivity contribution in [1.29, 1.82) is 0 Å². The Morgan fingerprint density at radius 2 is 1.69 bits per heavy atom. The van der Waals surface area contributed by atoms with Crippen molar-refractivity contribution in [1.82, 2.24) is 10.2 Å². The predicted molar refractivity (Wildman–Crippen MR) is 149 cm³/mol. The fraction of sp³-hybridized carbons (Fsp3) is 0.429. The standard InChI is InChI=1S/C27H32N2O2S2.CH4O/c1-26(30)16-22(17-26)21-11-9-20(10-12-21)19-7-4-18(5-8-19)6-13-23-24(33-23)29-15-14-28-25(29)27(2,31)32-3;1-2/h4-15,22-25,28,30-31H,16-17H2,1-3H3;2H,1H3/b13-6+;. The molecule has 0 aromatic heterocycles. The van der Waals surface area contributed by atoms with E-state index in [0.717, 1.165) is 20.0 Å². The lowest BCUT2D eigenvalue weighted by molar-refractivity contribution is -0.0313. The molecule has 0 spiro atoms. The van der Waals surface area contributed by atoms with Crippen molar-refractivity contribution in [2.45, 2.75) is 59.9 Å². The molecule has 2 aromatic carbocycles. The van der Waals surface area contributed by atoms with Crippen LogP contribution in [0.3, 0.4) is 0 Å². The largest absolute Gasteiger partial charge is 0.400 e. The van der Waals surface area contributed by atoms with Gasteiger partial charge in [-0.15, -0.1) is 23.5 Å². The van der Waals surface area contributed by atoms with Crippen molar-refractivity contribution in [3.05, 3.63) is 78.1 Å². The van der Waals surface area contributed by atoms with Crippen molar-refractivity contribution in [2.75, 3.05) is 13.4 Å². The summed E-state index contributed by atoms with van der Waals surface area (Å²) in [4.78, 5) is 1.39. The highest BCUT2D eigenvalue weighted by Crippen LogP contribution is 2.48. The Bertz CT molecular complexity index is 1040. The van der Waals surface area contributed by atoms with Gasteiger partial charge in [0.05, 0.1) is 16.2 Å². The first-order chi connectivity index (χ1) is 16.8. The molecule has 0 radical (unpaired) electrons. The zero-order valence-corrected chi connectivity index (χ0v) is 22.4. The van der Waals surface area contributed by atoms with Crippen LogP contribution in [0.25, 0.3) is 17.2 Å². The Morgan fingerprint density at radius 3 is 2.26 bits per heavy atom. The molecule has 1 saturated carbocycles. The van der Waals surface area contributed by atoms with Crippen molar-refractivity contribution < 1.29 is 15.3 Å². The molecule has 5 rings (SSSR count). The first-order valence-corrected chi connectivity index (χ1v) is 14.1. The molecular weight excluding hydrogens is 476 g/mol. The average molecular weight is 513 g/mol. The summed E-state index contributed by atoms with van der Waals surface area (Å²) in [5, 5.41) is 31.7. The second-order valence-corrected chi connectivity index (χ2v) is 12.3. The number of nitrogens with one attached hydrogen (secondary N) is 1. The second-order valence-electron chi connectivity index (χ2n) is 9.79. The highest BCUT2D eigenvalue weighted by molar-refractivity contribution is 8.07. The van der Waals surface area contributed by atoms with Gasteiger partial charge in [-0.1, -0.05) is 60.7 Å². The maximum Gasteiger partial charge on any atom is 0.146 e. The van der Waals surface area contributed by atoms with Crippen LogP contribution in [-0.2, 0) is 0 Å². The van der Waals surface area contributed by atoms with E-state index in [1.165, 1.54) is 34.0 Å². The molecule has 2 aliphatic heterocycles. The maximum absolute atomic E-state index is 10.6. The molecule has 7 heteroatoms. The Morgan fingerprint density at radius 1 is 1.09 bits per heavy atom. The van der Waals surface area contributed by atoms with Gasteiger partial charge in [0.2, 0.25) is 0 Å². The maximum atomic E-state index is 10.6. The van der Waals surface area contributed by atoms with Crippen LogP contribution in [0.5, 0.6) is 0 Å². The average Bonchev–Trinajstić information content (AvgIpc) is 3.45. The Hall–Kier alpha value is -1.90. The van der Waals surface area contributed by atoms with Gasteiger partial charge in [-0.05, 0) is 61.1 Å². The number of aliphatic hydroxyl groups is 3. The van der Waals surface area contributed by atoms with Crippen LogP contribution < -0.4 is 5.32 Å². The van der Waals surface area contributed by atoms with Gasteiger partial charge in [0, 0.05) is 19.5 Å². The zero-order chi connectivity index (χ0) is 25.2. The molecule has 4 unspecified atom stereocenters. The van der Waals surface area contributed by atoms with Gasteiger partial charge in [0.15, 0.2) is 0 Å². The minimum atomic E-state index is -0.841. The minimum Gasteiger partial charge on any atom is -0.400 e. The van der Waals surface area contributed by atoms with Crippen molar-refractivity contribution >= 4 is 29.6 Å². The molecule has 4 atom stereocenters. The lowest BCUT2D eigenvalue weighted by atomic mass is 9.69. The summed E-state index contributed by atoms with van der Waals surface area (Å²) in [7, 11) is 1.00. The number of rotatable bonds is 7. The van der Waals surface area contributed by atoms with E-state index in [1.54, 1.807) is 0 Å². The molecule has 188 valence electrons. The van der Waals surface area contributed by atoms with Crippen LogP contribution in [0, 0.1) is 0 Å². The third kappa shape index (κ3) is 5.92. The minimum absolute atomic E-state index is 0.105. The Labute approximate surface area is 217 Å². The Kier molecular flexibility index (Phi) is 7.93. The summed E-state index contributed by atoms with van der Waals surface area (Å²) in [6.07, 6.45) is 12.0. The highest BCUT2D eigenvalue weighted by atomic mass is 32.2. The van der Waals surface area contributed by atoms with E-state index in [9.17, 15) is 10.2 Å². The van der Waals surface area contributed by atoms with E-state index >= 15 is 0 Å². The first kappa shape index (κ1) is 26.2. The molecule has 4 N–H and O–H groups in total. The molecule has 5 nitrogen and oxygen atoms in total. The van der Waals surface area contributed by atoms with Crippen LogP contribution in [-0.4, -0.2) is 60.9 Å². The highest BCUT2D eigenvalue weighted by Gasteiger charge is 2.48. The van der Waals surface area contributed by atoms with Crippen LogP contribution in [0.1, 0.15) is 43.7 Å². The summed E-state index contributed by atoms with van der Waals surface area (Å²) in [6, 6.07) is 17.5. The molecule has 1 aliphatic carbocycles. The van der Waals surface area contributed by atoms with E-state index in [4.69, 9.17) is 5.11 Å². The van der Waals surface area contributed by atoms with Crippen LogP contribution in [0.4, 0.5) is 0 Å². The monoisotopic (exact) mass is 512 g/mol. The molecule has 2 heterocycles. The fourth-order valence-electron chi connectivity index (χ4n) is 4.84. The van der Waals surface area contributed by atoms with Gasteiger partial charge < -0.3 is 25.5 Å². The summed E-state index contributed by atoms with van der Waals surface area (Å²) < 4.78 is 0. The van der Waals surface area contributed by atoms with Gasteiger partial charge >= 0.3 is 0 Å². The van der Waals surface area contributed by atoms with Crippen molar-refractivity contribution in [3.8, 4) is 11.1 Å². The quantitative estimate of drug-likeness (QED) is 0.313. The number of aliphatic hydroxyl groups excluding tert-OH is 1. The van der Waals surface area contributed by atoms with Gasteiger partial charge in [-0.25, -0.2) is 0 Å². The topological polar surface area (TPSA) is 76.0 Å². The molecular formula is C28H36N2O3S2. The van der Waals surface area contributed by atoms with Crippen LogP contribution in [0.2, 0.25) is 0 Å². The summed E-state index contributed by atoms with van der Waals surface area (Å²) in [5.41, 5.74) is 4.47. The third-order valence-corrected chi connectivity index (χ3v) is 9.27. The normalized spacial score (nSPS) is 30.8. The summed E-state index contributed by atoms with van der Waals surface area (Å²) in [6.45, 7) is 3.78. The molecule has 2 aromatic rings. The summed E-state index contributed by atoms with van der Waals surface area (Å²) >= 11 is 3.37. The zero-order valence-electron chi connectivity index (χ0n) is 20.8. The predicted octanol–water partition coefficient (Wildman–Crippen LogP) is 4.82. The van der Waals surface area contributed by atoms with Crippen molar-refractivity contribution in [3.63, 3.8) is 0 Å². The number of hydrogen-bond acceptors (Lipinski definition) is 7. The third-order valence-electron chi connectivity index (χ3n) is 6.99. The fourth-order valence-corrected chi connectivity index (χ4v) is 6.22. The van der Waals surface area contributed by atoms with Gasteiger partial charge in [0.25, 0.3) is 0 Å². The van der Waals surface area contributed by atoms with Gasteiger partial charge in [-0.3, -0.25) is 0 Å². The SMILES string of the molecule is CO.CSC(C)(O)C1NC=CN1C1SC1/C=C/c1ccc(-c2ccc(C3CC(C)(O)C3)cc2)cc1. The van der Waals surface area contributed by atoms with Crippen molar-refractivity contribution in [2.24, 2.45) is 0 Å². The molecule has 0 amide bonds.